The molecule has 2 heteroatoms. The summed E-state index contributed by atoms with van der Waals surface area (Å²) in [5, 5.41) is 9.70. The molecule has 0 spiro atoms. The predicted octanol–water partition coefficient (Wildman–Crippen LogP) is 1.65. The van der Waals surface area contributed by atoms with Crippen LogP contribution in [0.15, 0.2) is 17.6 Å². The van der Waals surface area contributed by atoms with Crippen LogP contribution in [-0.2, 0) is 0 Å². The van der Waals surface area contributed by atoms with Crippen LogP contribution in [0, 0.1) is 5.92 Å². The molecule has 0 fully saturated rings. The van der Waals surface area contributed by atoms with Gasteiger partial charge in [0.2, 0.25) is 0 Å². The zero-order chi connectivity index (χ0) is 9.07. The van der Waals surface area contributed by atoms with Gasteiger partial charge in [0.1, 0.15) is 5.60 Å². The second-order valence-electron chi connectivity index (χ2n) is 3.12. The summed E-state index contributed by atoms with van der Waals surface area (Å²) >= 11 is 0. The molecule has 0 bridgehead atoms. The molecule has 0 heterocycles. The minimum atomic E-state index is -0.955. The van der Waals surface area contributed by atoms with Gasteiger partial charge >= 0.3 is 0 Å². The maximum absolute atomic E-state index is 9.70. The summed E-state index contributed by atoms with van der Waals surface area (Å²) in [5.74, 6) is 0.257. The maximum atomic E-state index is 9.70. The minimum absolute atomic E-state index is 0.257. The van der Waals surface area contributed by atoms with Gasteiger partial charge in [-0.1, -0.05) is 26.5 Å². The van der Waals surface area contributed by atoms with Crippen molar-refractivity contribution in [3.63, 3.8) is 0 Å². The lowest BCUT2D eigenvalue weighted by molar-refractivity contribution is 0.179. The van der Waals surface area contributed by atoms with Crippen LogP contribution < -0.4 is 0 Å². The van der Waals surface area contributed by atoms with Crippen molar-refractivity contribution in [3.05, 3.63) is 12.7 Å². The molecule has 1 N–H and O–H groups in total. The molecular weight excluding hydrogens is 138 g/mol. The van der Waals surface area contributed by atoms with Gasteiger partial charge in [-0.05, 0) is 12.8 Å². The van der Waals surface area contributed by atoms with E-state index in [0.29, 0.717) is 0 Å². The molecule has 1 atom stereocenters. The molecule has 0 saturated carbocycles. The van der Waals surface area contributed by atoms with Crippen molar-refractivity contribution in [1.82, 2.24) is 0 Å². The van der Waals surface area contributed by atoms with Crippen LogP contribution in [0.25, 0.3) is 0 Å². The Bertz CT molecular complexity index is 168. The SMILES string of the molecule is C=CC(C)(O)C(=NC)C(C)C. The lowest BCUT2D eigenvalue weighted by atomic mass is 9.91. The number of aliphatic hydroxyl groups is 1. The fraction of sp³-hybridized carbons (Fsp3) is 0.667. The summed E-state index contributed by atoms with van der Waals surface area (Å²) < 4.78 is 0. The van der Waals surface area contributed by atoms with Crippen LogP contribution in [0.1, 0.15) is 20.8 Å². The molecule has 0 rings (SSSR count). The number of nitrogens with zero attached hydrogens (tertiary/aromatic N) is 1. The monoisotopic (exact) mass is 155 g/mol. The molecule has 11 heavy (non-hydrogen) atoms. The first-order chi connectivity index (χ1) is 4.95. The second kappa shape index (κ2) is 3.67. The van der Waals surface area contributed by atoms with Crippen LogP contribution >= 0.6 is 0 Å². The summed E-state index contributed by atoms with van der Waals surface area (Å²) in [6, 6.07) is 0. The van der Waals surface area contributed by atoms with E-state index in [1.807, 2.05) is 13.8 Å². The molecular formula is C9H17NO. The number of hydrogen-bond donors (Lipinski definition) is 1. The Morgan fingerprint density at radius 2 is 2.09 bits per heavy atom. The lowest BCUT2D eigenvalue weighted by Gasteiger charge is -2.23. The van der Waals surface area contributed by atoms with E-state index in [1.54, 1.807) is 14.0 Å². The van der Waals surface area contributed by atoms with E-state index in [0.717, 1.165) is 5.71 Å². The molecule has 0 aromatic rings. The minimum Gasteiger partial charge on any atom is -0.380 e. The molecule has 2 nitrogen and oxygen atoms in total. The van der Waals surface area contributed by atoms with E-state index >= 15 is 0 Å². The molecule has 0 radical (unpaired) electrons. The third-order valence-electron chi connectivity index (χ3n) is 1.70. The quantitative estimate of drug-likeness (QED) is 0.488. The first-order valence-corrected chi connectivity index (χ1v) is 3.78. The van der Waals surface area contributed by atoms with Gasteiger partial charge in [-0.15, -0.1) is 0 Å². The maximum Gasteiger partial charge on any atom is 0.117 e. The van der Waals surface area contributed by atoms with Crippen LogP contribution in [0.4, 0.5) is 0 Å². The molecule has 0 saturated heterocycles. The van der Waals surface area contributed by atoms with Crippen molar-refractivity contribution in [2.75, 3.05) is 7.05 Å². The zero-order valence-electron chi connectivity index (χ0n) is 7.76. The van der Waals surface area contributed by atoms with Gasteiger partial charge < -0.3 is 5.11 Å². The van der Waals surface area contributed by atoms with Gasteiger partial charge in [-0.2, -0.15) is 0 Å². The number of aliphatic imine (C=N–C) groups is 1. The summed E-state index contributed by atoms with van der Waals surface area (Å²) in [6.07, 6.45) is 1.51. The van der Waals surface area contributed by atoms with Crippen molar-refractivity contribution >= 4 is 5.71 Å². The largest absolute Gasteiger partial charge is 0.380 e. The highest BCUT2D eigenvalue weighted by Crippen LogP contribution is 2.14. The molecule has 0 aromatic heterocycles. The van der Waals surface area contributed by atoms with Gasteiger partial charge in [-0.3, -0.25) is 4.99 Å². The van der Waals surface area contributed by atoms with Crippen molar-refractivity contribution in [1.29, 1.82) is 0 Å². The second-order valence-corrected chi connectivity index (χ2v) is 3.12. The van der Waals surface area contributed by atoms with Crippen LogP contribution in [-0.4, -0.2) is 23.5 Å². The highest BCUT2D eigenvalue weighted by atomic mass is 16.3. The molecule has 64 valence electrons. The Morgan fingerprint density at radius 3 is 2.18 bits per heavy atom. The molecule has 0 amide bonds. The molecule has 0 aliphatic carbocycles. The van der Waals surface area contributed by atoms with Crippen molar-refractivity contribution < 1.29 is 5.11 Å². The average Bonchev–Trinajstić information content (AvgIpc) is 1.88. The van der Waals surface area contributed by atoms with Crippen LogP contribution in [0.2, 0.25) is 0 Å². The molecule has 0 aliphatic rings. The Kier molecular flexibility index (Phi) is 3.46. The fourth-order valence-corrected chi connectivity index (χ4v) is 1.17. The predicted molar refractivity (Wildman–Crippen MR) is 49.0 cm³/mol. The summed E-state index contributed by atoms with van der Waals surface area (Å²) in [6.45, 7) is 9.25. The third-order valence-corrected chi connectivity index (χ3v) is 1.70. The van der Waals surface area contributed by atoms with Gasteiger partial charge in [0, 0.05) is 12.8 Å². The first-order valence-electron chi connectivity index (χ1n) is 3.78. The van der Waals surface area contributed by atoms with E-state index in [2.05, 4.69) is 11.6 Å². The van der Waals surface area contributed by atoms with E-state index in [1.165, 1.54) is 6.08 Å². The highest BCUT2D eigenvalue weighted by Gasteiger charge is 2.24. The smallest absolute Gasteiger partial charge is 0.117 e. The highest BCUT2D eigenvalue weighted by molar-refractivity contribution is 5.95. The van der Waals surface area contributed by atoms with Crippen LogP contribution in [0.5, 0.6) is 0 Å². The van der Waals surface area contributed by atoms with Gasteiger partial charge in [0.15, 0.2) is 0 Å². The number of hydrogen-bond acceptors (Lipinski definition) is 2. The Hall–Kier alpha value is -0.630. The Morgan fingerprint density at radius 1 is 1.64 bits per heavy atom. The topological polar surface area (TPSA) is 32.6 Å². The number of rotatable bonds is 3. The summed E-state index contributed by atoms with van der Waals surface area (Å²) in [4.78, 5) is 4.03. The van der Waals surface area contributed by atoms with Crippen molar-refractivity contribution in [3.8, 4) is 0 Å². The molecule has 0 aromatic carbocycles. The van der Waals surface area contributed by atoms with Crippen LogP contribution in [0.3, 0.4) is 0 Å². The van der Waals surface area contributed by atoms with Gasteiger partial charge in [0.25, 0.3) is 0 Å². The van der Waals surface area contributed by atoms with E-state index < -0.39 is 5.60 Å². The summed E-state index contributed by atoms with van der Waals surface area (Å²) in [5.41, 5.74) is -0.185. The molecule has 1 unspecified atom stereocenters. The van der Waals surface area contributed by atoms with Crippen molar-refractivity contribution in [2.24, 2.45) is 10.9 Å². The fourth-order valence-electron chi connectivity index (χ4n) is 1.17. The van der Waals surface area contributed by atoms with E-state index in [4.69, 9.17) is 0 Å². The van der Waals surface area contributed by atoms with Gasteiger partial charge in [0.05, 0.1) is 0 Å². The van der Waals surface area contributed by atoms with Gasteiger partial charge in [-0.25, -0.2) is 0 Å². The standard InChI is InChI=1S/C9H17NO/c1-6-9(4,11)8(10-5)7(2)3/h6-7,11H,1H2,2-5H3. The van der Waals surface area contributed by atoms with E-state index in [9.17, 15) is 5.11 Å². The average molecular weight is 155 g/mol. The normalized spacial score (nSPS) is 18.2. The van der Waals surface area contributed by atoms with E-state index in [-0.39, 0.29) is 5.92 Å². The Balaban J connectivity index is 4.65. The zero-order valence-corrected chi connectivity index (χ0v) is 7.76. The Labute approximate surface area is 68.7 Å². The van der Waals surface area contributed by atoms with Crippen molar-refractivity contribution in [2.45, 2.75) is 26.4 Å². The first kappa shape index (κ1) is 10.4. The lowest BCUT2D eigenvalue weighted by Crippen LogP contribution is -2.36. The molecule has 0 aliphatic heterocycles. The third kappa shape index (κ3) is 2.46. The summed E-state index contributed by atoms with van der Waals surface area (Å²) in [7, 11) is 1.69.